The van der Waals surface area contributed by atoms with Gasteiger partial charge in [0.05, 0.1) is 5.69 Å². The molecule has 40 heavy (non-hydrogen) atoms. The Bertz CT molecular complexity index is 1610. The first-order valence-electron chi connectivity index (χ1n) is 14.0. The summed E-state index contributed by atoms with van der Waals surface area (Å²) in [6, 6.07) is 28.3. The van der Waals surface area contributed by atoms with E-state index < -0.39 is 0 Å². The van der Waals surface area contributed by atoms with Crippen LogP contribution in [-0.2, 0) is 0 Å². The van der Waals surface area contributed by atoms with Crippen LogP contribution in [0, 0.1) is 0 Å². The highest BCUT2D eigenvalue weighted by molar-refractivity contribution is 7.99. The zero-order valence-electron chi connectivity index (χ0n) is 22.3. The molecule has 200 valence electrons. The number of imide groups is 1. The number of benzene rings is 4. The van der Waals surface area contributed by atoms with Gasteiger partial charge in [-0.3, -0.25) is 19.4 Å². The molecule has 3 aliphatic rings. The number of piperazine rings is 1. The number of hydrogen-bond acceptors (Lipinski definition) is 6. The van der Waals surface area contributed by atoms with Crippen LogP contribution in [0.15, 0.2) is 99.7 Å². The minimum atomic E-state index is -0.174. The van der Waals surface area contributed by atoms with E-state index in [4.69, 9.17) is 4.99 Å². The number of fused-ring (bicyclic) bond motifs is 2. The highest BCUT2D eigenvalue weighted by atomic mass is 32.2. The Balaban J connectivity index is 0.965. The average Bonchev–Trinajstić information content (AvgIpc) is 3.16. The molecule has 1 fully saturated rings. The molecule has 6 nitrogen and oxygen atoms in total. The van der Waals surface area contributed by atoms with Crippen LogP contribution in [0.1, 0.15) is 39.1 Å². The van der Waals surface area contributed by atoms with Crippen molar-refractivity contribution in [2.45, 2.75) is 22.6 Å². The third-order valence-corrected chi connectivity index (χ3v) is 9.21. The van der Waals surface area contributed by atoms with E-state index in [1.54, 1.807) is 11.8 Å². The molecule has 7 rings (SSSR count). The van der Waals surface area contributed by atoms with Crippen LogP contribution in [0.5, 0.6) is 0 Å². The van der Waals surface area contributed by atoms with Gasteiger partial charge in [-0.25, -0.2) is 4.99 Å². The van der Waals surface area contributed by atoms with Crippen LogP contribution in [-0.4, -0.2) is 71.6 Å². The summed E-state index contributed by atoms with van der Waals surface area (Å²) in [5.41, 5.74) is 3.49. The van der Waals surface area contributed by atoms with Gasteiger partial charge in [0.25, 0.3) is 11.8 Å². The minimum Gasteiger partial charge on any atom is -0.354 e. The number of para-hydroxylation sites is 1. The quantitative estimate of drug-likeness (QED) is 0.224. The van der Waals surface area contributed by atoms with Crippen molar-refractivity contribution in [2.24, 2.45) is 4.99 Å². The van der Waals surface area contributed by atoms with Gasteiger partial charge in [0.2, 0.25) is 0 Å². The Kier molecular flexibility index (Phi) is 6.61. The van der Waals surface area contributed by atoms with Gasteiger partial charge in [0, 0.05) is 64.6 Å². The highest BCUT2D eigenvalue weighted by Crippen LogP contribution is 2.40. The molecule has 3 aliphatic heterocycles. The maximum atomic E-state index is 13.2. The molecule has 0 unspecified atom stereocenters. The number of nitrogens with zero attached hydrogens (tertiary/aromatic N) is 4. The van der Waals surface area contributed by atoms with Crippen molar-refractivity contribution in [1.82, 2.24) is 14.7 Å². The normalized spacial score (nSPS) is 16.9. The fourth-order valence-electron chi connectivity index (χ4n) is 5.98. The molecule has 3 heterocycles. The molecule has 4 aromatic carbocycles. The Hall–Kier alpha value is -3.94. The molecule has 0 atom stereocenters. The zero-order valence-corrected chi connectivity index (χ0v) is 23.1. The van der Waals surface area contributed by atoms with E-state index in [0.717, 1.165) is 67.9 Å². The number of aliphatic imine (C=N–C) groups is 1. The third kappa shape index (κ3) is 4.49. The maximum absolute atomic E-state index is 13.2. The fraction of sp³-hybridized carbons (Fsp3) is 0.242. The minimum absolute atomic E-state index is 0.174. The van der Waals surface area contributed by atoms with Gasteiger partial charge in [0.15, 0.2) is 0 Å². The molecule has 4 aromatic rings. The van der Waals surface area contributed by atoms with Gasteiger partial charge in [0.1, 0.15) is 5.84 Å². The summed E-state index contributed by atoms with van der Waals surface area (Å²) in [6.45, 7) is 5.18. The molecule has 1 saturated heterocycles. The molecule has 0 spiro atoms. The van der Waals surface area contributed by atoms with Gasteiger partial charge in [-0.2, -0.15) is 0 Å². The molecular formula is C33H30N4O2S. The Morgan fingerprint density at radius 3 is 2.02 bits per heavy atom. The first kappa shape index (κ1) is 25.1. The summed E-state index contributed by atoms with van der Waals surface area (Å²) in [4.78, 5) is 40.2. The summed E-state index contributed by atoms with van der Waals surface area (Å²) in [5.74, 6) is 0.712. The summed E-state index contributed by atoms with van der Waals surface area (Å²) in [7, 11) is 0. The number of carbonyl (C=O) groups excluding carboxylic acids is 2. The molecule has 0 aromatic heterocycles. The SMILES string of the molecule is O=C1c2cccc3cccc(c23)C(=O)N1CCCCN1CCN(C2=Nc3ccccc3Sc3ccccc32)CC1. The molecule has 0 aliphatic carbocycles. The summed E-state index contributed by atoms with van der Waals surface area (Å²) >= 11 is 1.79. The van der Waals surface area contributed by atoms with Gasteiger partial charge in [-0.1, -0.05) is 66.4 Å². The molecule has 7 heteroatoms. The van der Waals surface area contributed by atoms with Crippen molar-refractivity contribution in [3.05, 3.63) is 102 Å². The Morgan fingerprint density at radius 1 is 0.650 bits per heavy atom. The molecule has 2 amide bonds. The summed E-state index contributed by atoms with van der Waals surface area (Å²) < 4.78 is 0. The third-order valence-electron chi connectivity index (χ3n) is 8.07. The molecule has 0 N–H and O–H groups in total. The van der Waals surface area contributed by atoms with Crippen LogP contribution in [0.2, 0.25) is 0 Å². The van der Waals surface area contributed by atoms with Crippen molar-refractivity contribution in [1.29, 1.82) is 0 Å². The van der Waals surface area contributed by atoms with Gasteiger partial charge >= 0.3 is 0 Å². The number of amidine groups is 1. The van der Waals surface area contributed by atoms with Crippen molar-refractivity contribution < 1.29 is 9.59 Å². The van der Waals surface area contributed by atoms with Crippen LogP contribution in [0.25, 0.3) is 10.8 Å². The molecule has 0 radical (unpaired) electrons. The van der Waals surface area contributed by atoms with Gasteiger partial charge < -0.3 is 4.90 Å². The van der Waals surface area contributed by atoms with Crippen LogP contribution in [0.4, 0.5) is 5.69 Å². The monoisotopic (exact) mass is 546 g/mol. The lowest BCUT2D eigenvalue weighted by Gasteiger charge is -2.37. The van der Waals surface area contributed by atoms with Crippen molar-refractivity contribution >= 4 is 45.9 Å². The van der Waals surface area contributed by atoms with Crippen LogP contribution < -0.4 is 0 Å². The Labute approximate surface area is 238 Å². The maximum Gasteiger partial charge on any atom is 0.261 e. The van der Waals surface area contributed by atoms with E-state index in [1.165, 1.54) is 20.3 Å². The smallest absolute Gasteiger partial charge is 0.261 e. The van der Waals surface area contributed by atoms with E-state index >= 15 is 0 Å². The molecule has 0 saturated carbocycles. The van der Waals surface area contributed by atoms with Crippen molar-refractivity contribution in [2.75, 3.05) is 39.3 Å². The van der Waals surface area contributed by atoms with Crippen LogP contribution in [0.3, 0.4) is 0 Å². The largest absolute Gasteiger partial charge is 0.354 e. The average molecular weight is 547 g/mol. The summed E-state index contributed by atoms with van der Waals surface area (Å²) in [6.07, 6.45) is 1.74. The lowest BCUT2D eigenvalue weighted by atomic mass is 9.94. The van der Waals surface area contributed by atoms with E-state index in [9.17, 15) is 9.59 Å². The number of carbonyl (C=O) groups is 2. The number of unbranched alkanes of at least 4 members (excludes halogenated alkanes) is 1. The predicted molar refractivity (Wildman–Crippen MR) is 160 cm³/mol. The predicted octanol–water partition coefficient (Wildman–Crippen LogP) is 6.08. The van der Waals surface area contributed by atoms with E-state index in [1.807, 2.05) is 36.4 Å². The number of amides is 2. The van der Waals surface area contributed by atoms with E-state index in [2.05, 4.69) is 58.3 Å². The lowest BCUT2D eigenvalue weighted by Crippen LogP contribution is -2.49. The van der Waals surface area contributed by atoms with Gasteiger partial charge in [-0.15, -0.1) is 0 Å². The topological polar surface area (TPSA) is 56.2 Å². The molecular weight excluding hydrogens is 516 g/mol. The van der Waals surface area contributed by atoms with Crippen molar-refractivity contribution in [3.8, 4) is 0 Å². The second kappa shape index (κ2) is 10.6. The first-order chi connectivity index (χ1) is 19.7. The second-order valence-electron chi connectivity index (χ2n) is 10.5. The van der Waals surface area contributed by atoms with E-state index in [-0.39, 0.29) is 11.8 Å². The zero-order chi connectivity index (χ0) is 27.1. The highest BCUT2D eigenvalue weighted by Gasteiger charge is 2.32. The number of rotatable bonds is 5. The van der Waals surface area contributed by atoms with E-state index in [0.29, 0.717) is 17.7 Å². The fourth-order valence-corrected chi connectivity index (χ4v) is 7.00. The molecule has 0 bridgehead atoms. The lowest BCUT2D eigenvalue weighted by molar-refractivity contribution is 0.0606. The van der Waals surface area contributed by atoms with Gasteiger partial charge in [-0.05, 0) is 55.1 Å². The van der Waals surface area contributed by atoms with Crippen molar-refractivity contribution in [3.63, 3.8) is 0 Å². The second-order valence-corrected chi connectivity index (χ2v) is 11.6. The summed E-state index contributed by atoms with van der Waals surface area (Å²) in [5, 5.41) is 1.73. The Morgan fingerprint density at radius 2 is 1.27 bits per heavy atom. The standard InChI is InChI=1S/C33H30N4O2S/c38-32-25-12-7-9-23-10-8-13-26(30(23)25)33(39)37(32)18-6-5-17-35-19-21-36(22-20-35)31-24-11-1-3-15-28(24)40-29-16-4-2-14-27(29)34-31/h1-4,7-16H,5-6,17-22H2. The van der Waals surface area contributed by atoms with Crippen LogP contribution >= 0.6 is 11.8 Å². The number of hydrogen-bond donors (Lipinski definition) is 0. The first-order valence-corrected chi connectivity index (χ1v) is 14.8.